The normalized spacial score (nSPS) is 11.2. The second-order valence-corrected chi connectivity index (χ2v) is 7.41. The number of esters is 1. The first-order chi connectivity index (χ1) is 14.4. The molecule has 152 valence electrons. The number of aromatic nitrogens is 3. The molecule has 7 nitrogen and oxygen atoms in total. The number of benzene rings is 2. The van der Waals surface area contributed by atoms with Gasteiger partial charge in [0.1, 0.15) is 24.8 Å². The maximum absolute atomic E-state index is 12.5. The molecule has 0 spiro atoms. The molecule has 7 heteroatoms. The highest BCUT2D eigenvalue weighted by Crippen LogP contribution is 2.27. The fraction of sp³-hybridized carbons (Fsp3) is 0.217. The summed E-state index contributed by atoms with van der Waals surface area (Å²) in [7, 11) is 0. The van der Waals surface area contributed by atoms with Gasteiger partial charge in [0.05, 0.1) is 11.3 Å². The summed E-state index contributed by atoms with van der Waals surface area (Å²) in [6.07, 6.45) is 3.02. The number of nitrogens with zero attached hydrogens (tertiary/aromatic N) is 3. The van der Waals surface area contributed by atoms with Gasteiger partial charge in [0.2, 0.25) is 0 Å². The minimum atomic E-state index is -0.474. The van der Waals surface area contributed by atoms with Crippen LogP contribution >= 0.6 is 0 Å². The van der Waals surface area contributed by atoms with E-state index in [-0.39, 0.29) is 6.61 Å². The predicted octanol–water partition coefficient (Wildman–Crippen LogP) is 4.16. The fourth-order valence-corrected chi connectivity index (χ4v) is 3.45. The van der Waals surface area contributed by atoms with Gasteiger partial charge in [0.15, 0.2) is 0 Å². The van der Waals surface area contributed by atoms with Gasteiger partial charge in [0.25, 0.3) is 0 Å². The molecule has 2 aromatic carbocycles. The summed E-state index contributed by atoms with van der Waals surface area (Å²) in [4.78, 5) is 28.4. The lowest BCUT2D eigenvalue weighted by Gasteiger charge is -2.13. The summed E-state index contributed by atoms with van der Waals surface area (Å²) in [6.45, 7) is 6.18. The van der Waals surface area contributed by atoms with Gasteiger partial charge in [-0.05, 0) is 60.4 Å². The van der Waals surface area contributed by atoms with Gasteiger partial charge < -0.3 is 9.15 Å². The van der Waals surface area contributed by atoms with Crippen LogP contribution in [0.4, 0.5) is 0 Å². The smallest absolute Gasteiger partial charge is 0.338 e. The standard InChI is InChI=1S/C23H21N3O4/c1-14(2)19-10-20-17(9-22(27)30-21(20)8-15(19)3)11-29-23(28)16-4-6-18(7-5-16)26-13-24-12-25-26/h4-10,12-14H,11H2,1-3H3. The van der Waals surface area contributed by atoms with E-state index >= 15 is 0 Å². The third-order valence-corrected chi connectivity index (χ3v) is 4.98. The lowest BCUT2D eigenvalue weighted by Crippen LogP contribution is -2.08. The van der Waals surface area contributed by atoms with Gasteiger partial charge in [-0.2, -0.15) is 5.10 Å². The van der Waals surface area contributed by atoms with E-state index in [0.29, 0.717) is 22.6 Å². The topological polar surface area (TPSA) is 87.2 Å². The Hall–Kier alpha value is -3.74. The molecule has 0 aliphatic carbocycles. The van der Waals surface area contributed by atoms with Gasteiger partial charge in [-0.1, -0.05) is 13.8 Å². The van der Waals surface area contributed by atoms with Crippen molar-refractivity contribution in [3.05, 3.63) is 87.8 Å². The van der Waals surface area contributed by atoms with E-state index in [1.165, 1.54) is 12.4 Å². The van der Waals surface area contributed by atoms with Crippen LogP contribution < -0.4 is 5.63 Å². The van der Waals surface area contributed by atoms with Crippen LogP contribution in [0.25, 0.3) is 16.7 Å². The van der Waals surface area contributed by atoms with Crippen LogP contribution in [0.3, 0.4) is 0 Å². The Morgan fingerprint density at radius 3 is 2.60 bits per heavy atom. The zero-order valence-corrected chi connectivity index (χ0v) is 17.0. The molecule has 2 aromatic heterocycles. The minimum absolute atomic E-state index is 0.0215. The molecule has 4 aromatic rings. The number of rotatable bonds is 5. The molecular weight excluding hydrogens is 382 g/mol. The number of carbonyl (C=O) groups is 1. The second kappa shape index (κ2) is 7.94. The first-order valence-corrected chi connectivity index (χ1v) is 9.62. The van der Waals surface area contributed by atoms with E-state index in [4.69, 9.17) is 9.15 Å². The minimum Gasteiger partial charge on any atom is -0.457 e. The molecule has 0 unspecified atom stereocenters. The van der Waals surface area contributed by atoms with Crippen LogP contribution in [0.5, 0.6) is 0 Å². The average molecular weight is 403 g/mol. The third-order valence-electron chi connectivity index (χ3n) is 4.98. The molecular formula is C23H21N3O4. The van der Waals surface area contributed by atoms with E-state index in [0.717, 1.165) is 22.2 Å². The van der Waals surface area contributed by atoms with Crippen molar-refractivity contribution < 1.29 is 13.9 Å². The molecule has 0 fully saturated rings. The number of ether oxygens (including phenoxy) is 1. The molecule has 2 heterocycles. The molecule has 0 bridgehead atoms. The number of hydrogen-bond acceptors (Lipinski definition) is 6. The number of carbonyl (C=O) groups excluding carboxylic acids is 1. The first kappa shape index (κ1) is 19.6. The van der Waals surface area contributed by atoms with Crippen LogP contribution in [0.2, 0.25) is 0 Å². The van der Waals surface area contributed by atoms with Gasteiger partial charge in [-0.25, -0.2) is 19.3 Å². The van der Waals surface area contributed by atoms with Crippen LogP contribution in [0.1, 0.15) is 46.8 Å². The van der Waals surface area contributed by atoms with Gasteiger partial charge in [0, 0.05) is 17.0 Å². The van der Waals surface area contributed by atoms with Gasteiger partial charge in [-0.3, -0.25) is 0 Å². The highest BCUT2D eigenvalue weighted by Gasteiger charge is 2.14. The van der Waals surface area contributed by atoms with Crippen molar-refractivity contribution in [2.45, 2.75) is 33.3 Å². The van der Waals surface area contributed by atoms with Gasteiger partial charge in [-0.15, -0.1) is 0 Å². The summed E-state index contributed by atoms with van der Waals surface area (Å²) in [5.41, 5.74) is 4.05. The Balaban J connectivity index is 1.57. The maximum atomic E-state index is 12.5. The van der Waals surface area contributed by atoms with Crippen molar-refractivity contribution in [2.75, 3.05) is 0 Å². The summed E-state index contributed by atoms with van der Waals surface area (Å²) in [5.74, 6) is -0.155. The molecule has 0 amide bonds. The fourth-order valence-electron chi connectivity index (χ4n) is 3.45. The van der Waals surface area contributed by atoms with Crippen LogP contribution in [0.15, 0.2) is 64.3 Å². The van der Waals surface area contributed by atoms with E-state index in [9.17, 15) is 9.59 Å². The highest BCUT2D eigenvalue weighted by molar-refractivity contribution is 5.90. The van der Waals surface area contributed by atoms with Crippen molar-refractivity contribution in [2.24, 2.45) is 0 Å². The highest BCUT2D eigenvalue weighted by atomic mass is 16.5. The summed E-state index contributed by atoms with van der Waals surface area (Å²) in [5, 5.41) is 4.83. The second-order valence-electron chi connectivity index (χ2n) is 7.41. The Bertz CT molecular complexity index is 1260. The molecule has 0 atom stereocenters. The molecule has 0 aliphatic rings. The van der Waals surface area contributed by atoms with E-state index in [1.807, 2.05) is 19.1 Å². The zero-order valence-electron chi connectivity index (χ0n) is 17.0. The lowest BCUT2D eigenvalue weighted by molar-refractivity contribution is 0.0474. The zero-order chi connectivity index (χ0) is 21.3. The van der Waals surface area contributed by atoms with Crippen LogP contribution in [-0.4, -0.2) is 20.7 Å². The van der Waals surface area contributed by atoms with Crippen molar-refractivity contribution in [1.82, 2.24) is 14.8 Å². The van der Waals surface area contributed by atoms with Gasteiger partial charge >= 0.3 is 11.6 Å². The maximum Gasteiger partial charge on any atom is 0.338 e. The molecule has 0 saturated carbocycles. The number of fused-ring (bicyclic) bond motifs is 1. The number of aryl methyl sites for hydroxylation is 1. The molecule has 4 rings (SSSR count). The molecule has 0 aliphatic heterocycles. The van der Waals surface area contributed by atoms with Crippen molar-refractivity contribution in [3.8, 4) is 5.69 Å². The monoisotopic (exact) mass is 403 g/mol. The molecule has 30 heavy (non-hydrogen) atoms. The van der Waals surface area contributed by atoms with E-state index in [2.05, 4.69) is 23.9 Å². The summed E-state index contributed by atoms with van der Waals surface area (Å²) >= 11 is 0. The Morgan fingerprint density at radius 1 is 1.17 bits per heavy atom. The largest absolute Gasteiger partial charge is 0.457 e. The Morgan fingerprint density at radius 2 is 1.93 bits per heavy atom. The van der Waals surface area contributed by atoms with E-state index in [1.54, 1.807) is 35.3 Å². The first-order valence-electron chi connectivity index (χ1n) is 9.62. The molecule has 0 saturated heterocycles. The lowest BCUT2D eigenvalue weighted by atomic mass is 9.95. The van der Waals surface area contributed by atoms with Crippen molar-refractivity contribution in [1.29, 1.82) is 0 Å². The quantitative estimate of drug-likeness (QED) is 0.367. The van der Waals surface area contributed by atoms with Crippen LogP contribution in [0, 0.1) is 6.92 Å². The third kappa shape index (κ3) is 3.87. The van der Waals surface area contributed by atoms with Crippen molar-refractivity contribution >= 4 is 16.9 Å². The molecule has 0 N–H and O–H groups in total. The predicted molar refractivity (Wildman–Crippen MR) is 112 cm³/mol. The Labute approximate surface area is 172 Å². The van der Waals surface area contributed by atoms with Crippen LogP contribution in [-0.2, 0) is 11.3 Å². The average Bonchev–Trinajstić information content (AvgIpc) is 3.26. The Kier molecular flexibility index (Phi) is 5.18. The molecule has 0 radical (unpaired) electrons. The SMILES string of the molecule is Cc1cc2oc(=O)cc(COC(=O)c3ccc(-n4cncn4)cc3)c2cc1C(C)C. The van der Waals surface area contributed by atoms with E-state index < -0.39 is 11.6 Å². The summed E-state index contributed by atoms with van der Waals surface area (Å²) < 4.78 is 12.4. The van der Waals surface area contributed by atoms with Crippen molar-refractivity contribution in [3.63, 3.8) is 0 Å². The summed E-state index contributed by atoms with van der Waals surface area (Å²) in [6, 6.07) is 12.1. The number of hydrogen-bond donors (Lipinski definition) is 0.